The standard InChI is InChI=1S/C21H33N5O2/c1-2-22-20(26-11-9-25(10-12-26)15-16-5-14-28-24-16)23-18-17-6-13-27-19(17)21(18)7-3-4-8-21/h5,14,17-19H,2-4,6-13,15H2,1H3,(H,22,23). The van der Waals surface area contributed by atoms with Gasteiger partial charge in [-0.3, -0.25) is 9.89 Å². The summed E-state index contributed by atoms with van der Waals surface area (Å²) in [6.45, 7) is 8.84. The molecule has 2 aliphatic heterocycles. The third-order valence-electron chi connectivity index (χ3n) is 7.43. The van der Waals surface area contributed by atoms with Crippen LogP contribution in [-0.2, 0) is 11.3 Å². The molecule has 0 amide bonds. The third kappa shape index (κ3) is 3.12. The first kappa shape index (κ1) is 18.4. The Hall–Kier alpha value is -1.60. The van der Waals surface area contributed by atoms with Crippen molar-refractivity contribution in [3.05, 3.63) is 18.0 Å². The number of piperazine rings is 1. The molecule has 1 aromatic rings. The molecule has 4 fully saturated rings. The van der Waals surface area contributed by atoms with Crippen molar-refractivity contribution in [2.45, 2.75) is 57.7 Å². The second-order valence-corrected chi connectivity index (χ2v) is 8.86. The van der Waals surface area contributed by atoms with E-state index in [1.807, 2.05) is 6.07 Å². The molecule has 28 heavy (non-hydrogen) atoms. The first-order valence-corrected chi connectivity index (χ1v) is 11.1. The van der Waals surface area contributed by atoms with Gasteiger partial charge in [0.25, 0.3) is 0 Å². The largest absolute Gasteiger partial charge is 0.377 e. The summed E-state index contributed by atoms with van der Waals surface area (Å²) in [5.74, 6) is 1.79. The van der Waals surface area contributed by atoms with E-state index in [4.69, 9.17) is 14.3 Å². The second kappa shape index (κ2) is 7.67. The summed E-state index contributed by atoms with van der Waals surface area (Å²) in [5, 5.41) is 7.98. The summed E-state index contributed by atoms with van der Waals surface area (Å²) < 4.78 is 11.1. The van der Waals surface area contributed by atoms with Crippen molar-refractivity contribution in [2.24, 2.45) is 16.3 Å². The van der Waals surface area contributed by atoms with Crippen LogP contribution in [0.25, 0.3) is 0 Å². The van der Waals surface area contributed by atoms with Gasteiger partial charge in [-0.2, -0.15) is 0 Å². The van der Waals surface area contributed by atoms with E-state index in [1.54, 1.807) is 6.26 Å². The molecule has 2 aliphatic carbocycles. The molecule has 154 valence electrons. The zero-order valence-electron chi connectivity index (χ0n) is 17.0. The predicted molar refractivity (Wildman–Crippen MR) is 107 cm³/mol. The molecule has 2 saturated carbocycles. The van der Waals surface area contributed by atoms with E-state index in [0.717, 1.165) is 57.5 Å². The van der Waals surface area contributed by atoms with Crippen LogP contribution >= 0.6 is 0 Å². The fourth-order valence-corrected chi connectivity index (χ4v) is 6.10. The molecular weight excluding hydrogens is 354 g/mol. The average molecular weight is 388 g/mol. The Kier molecular flexibility index (Phi) is 5.05. The lowest BCUT2D eigenvalue weighted by atomic mass is 9.54. The highest BCUT2D eigenvalue weighted by molar-refractivity contribution is 5.81. The molecule has 0 bridgehead atoms. The summed E-state index contributed by atoms with van der Waals surface area (Å²) in [6, 6.07) is 2.50. The van der Waals surface area contributed by atoms with Gasteiger partial charge in [-0.15, -0.1) is 0 Å². The Morgan fingerprint density at radius 1 is 1.29 bits per heavy atom. The van der Waals surface area contributed by atoms with Crippen LogP contribution in [0.1, 0.15) is 44.7 Å². The Balaban J connectivity index is 1.23. The smallest absolute Gasteiger partial charge is 0.194 e. The molecule has 0 radical (unpaired) electrons. The zero-order valence-corrected chi connectivity index (χ0v) is 17.0. The van der Waals surface area contributed by atoms with Crippen LogP contribution in [0.4, 0.5) is 0 Å². The number of nitrogens with zero attached hydrogens (tertiary/aromatic N) is 4. The predicted octanol–water partition coefficient (Wildman–Crippen LogP) is 2.11. The maximum Gasteiger partial charge on any atom is 0.194 e. The van der Waals surface area contributed by atoms with Crippen LogP contribution in [0.15, 0.2) is 21.8 Å². The van der Waals surface area contributed by atoms with Gasteiger partial charge in [0.1, 0.15) is 6.26 Å². The first-order chi connectivity index (χ1) is 13.8. The Bertz CT molecular complexity index is 677. The number of fused-ring (bicyclic) bond motifs is 2. The summed E-state index contributed by atoms with van der Waals surface area (Å²) in [7, 11) is 0. The van der Waals surface area contributed by atoms with E-state index in [2.05, 4.69) is 27.2 Å². The third-order valence-corrected chi connectivity index (χ3v) is 7.43. The fraction of sp³-hybridized carbons (Fsp3) is 0.810. The number of hydrogen-bond donors (Lipinski definition) is 1. The lowest BCUT2D eigenvalue weighted by molar-refractivity contribution is -0.125. The molecule has 7 heteroatoms. The molecule has 1 N–H and O–H groups in total. The molecule has 3 heterocycles. The van der Waals surface area contributed by atoms with Gasteiger partial charge < -0.3 is 19.5 Å². The maximum absolute atomic E-state index is 6.16. The highest BCUT2D eigenvalue weighted by Crippen LogP contribution is 2.60. The van der Waals surface area contributed by atoms with Gasteiger partial charge in [0, 0.05) is 69.3 Å². The van der Waals surface area contributed by atoms with Crippen LogP contribution in [0.5, 0.6) is 0 Å². The summed E-state index contributed by atoms with van der Waals surface area (Å²) in [4.78, 5) is 9.78. The summed E-state index contributed by atoms with van der Waals surface area (Å²) in [6.07, 6.45) is 8.69. The summed E-state index contributed by atoms with van der Waals surface area (Å²) in [5.41, 5.74) is 1.38. The lowest BCUT2D eigenvalue weighted by Crippen LogP contribution is -2.70. The van der Waals surface area contributed by atoms with Crippen LogP contribution in [-0.4, -0.2) is 72.4 Å². The SMILES string of the molecule is CCN=C(NC1C2CCOC2C12CCCC2)N1CCN(Cc2ccon2)CC1. The number of aromatic nitrogens is 1. The highest BCUT2D eigenvalue weighted by atomic mass is 16.5. The van der Waals surface area contributed by atoms with Gasteiger partial charge in [0.05, 0.1) is 11.8 Å². The minimum absolute atomic E-state index is 0.366. The van der Waals surface area contributed by atoms with Crippen LogP contribution in [0.2, 0.25) is 0 Å². The van der Waals surface area contributed by atoms with Crippen molar-refractivity contribution in [1.29, 1.82) is 0 Å². The number of guanidine groups is 1. The van der Waals surface area contributed by atoms with E-state index < -0.39 is 0 Å². The molecular formula is C21H33N5O2. The number of hydrogen-bond acceptors (Lipinski definition) is 5. The molecule has 1 spiro atoms. The topological polar surface area (TPSA) is 66.1 Å². The minimum atomic E-state index is 0.366. The van der Waals surface area contributed by atoms with Crippen molar-refractivity contribution in [2.75, 3.05) is 39.3 Å². The molecule has 2 saturated heterocycles. The first-order valence-electron chi connectivity index (χ1n) is 11.1. The monoisotopic (exact) mass is 387 g/mol. The molecule has 5 rings (SSSR count). The Morgan fingerprint density at radius 2 is 2.11 bits per heavy atom. The second-order valence-electron chi connectivity index (χ2n) is 8.86. The average Bonchev–Trinajstić information content (AvgIpc) is 3.46. The lowest BCUT2D eigenvalue weighted by Gasteiger charge is -2.57. The van der Waals surface area contributed by atoms with Crippen molar-refractivity contribution in [3.63, 3.8) is 0 Å². The molecule has 3 unspecified atom stereocenters. The molecule has 0 aromatic carbocycles. The van der Waals surface area contributed by atoms with Crippen molar-refractivity contribution < 1.29 is 9.26 Å². The number of nitrogens with one attached hydrogen (secondary N) is 1. The normalized spacial score (nSPS) is 32.5. The van der Waals surface area contributed by atoms with Gasteiger partial charge in [-0.1, -0.05) is 18.0 Å². The van der Waals surface area contributed by atoms with E-state index in [-0.39, 0.29) is 0 Å². The van der Waals surface area contributed by atoms with Crippen LogP contribution < -0.4 is 5.32 Å². The van der Waals surface area contributed by atoms with Gasteiger partial charge in [-0.05, 0) is 26.2 Å². The van der Waals surface area contributed by atoms with E-state index in [9.17, 15) is 0 Å². The number of aliphatic imine (C=N–C) groups is 1. The Labute approximate surface area is 167 Å². The highest BCUT2D eigenvalue weighted by Gasteiger charge is 2.65. The van der Waals surface area contributed by atoms with Crippen molar-refractivity contribution in [3.8, 4) is 0 Å². The molecule has 7 nitrogen and oxygen atoms in total. The van der Waals surface area contributed by atoms with Gasteiger partial charge in [-0.25, -0.2) is 0 Å². The fourth-order valence-electron chi connectivity index (χ4n) is 6.10. The van der Waals surface area contributed by atoms with Crippen molar-refractivity contribution in [1.82, 2.24) is 20.3 Å². The minimum Gasteiger partial charge on any atom is -0.377 e. The van der Waals surface area contributed by atoms with Gasteiger partial charge >= 0.3 is 0 Å². The maximum atomic E-state index is 6.16. The number of rotatable bonds is 4. The van der Waals surface area contributed by atoms with E-state index >= 15 is 0 Å². The van der Waals surface area contributed by atoms with Crippen LogP contribution in [0.3, 0.4) is 0 Å². The molecule has 3 atom stereocenters. The Morgan fingerprint density at radius 3 is 2.82 bits per heavy atom. The van der Waals surface area contributed by atoms with Crippen LogP contribution in [0, 0.1) is 11.3 Å². The zero-order chi connectivity index (χ0) is 19.0. The summed E-state index contributed by atoms with van der Waals surface area (Å²) >= 11 is 0. The van der Waals surface area contributed by atoms with Gasteiger partial charge in [0.15, 0.2) is 5.96 Å². The molecule has 4 aliphatic rings. The van der Waals surface area contributed by atoms with E-state index in [1.165, 1.54) is 32.1 Å². The number of ether oxygens (including phenoxy) is 1. The quantitative estimate of drug-likeness (QED) is 0.631. The molecule has 1 aromatic heterocycles. The van der Waals surface area contributed by atoms with Crippen molar-refractivity contribution >= 4 is 5.96 Å². The van der Waals surface area contributed by atoms with Gasteiger partial charge in [0.2, 0.25) is 0 Å². The van der Waals surface area contributed by atoms with E-state index in [0.29, 0.717) is 23.5 Å².